The summed E-state index contributed by atoms with van der Waals surface area (Å²) in [4.78, 5) is 24.6. The SMILES string of the molecule is O=C(Nc1ccc(C2(C(=O)NCC3CCCCC3)CC2)cc1)C1CC1. The molecule has 4 rings (SSSR count). The van der Waals surface area contributed by atoms with E-state index < -0.39 is 0 Å². The van der Waals surface area contributed by atoms with Gasteiger partial charge in [-0.1, -0.05) is 31.4 Å². The van der Waals surface area contributed by atoms with E-state index in [0.29, 0.717) is 5.92 Å². The average molecular weight is 340 g/mol. The van der Waals surface area contributed by atoms with Gasteiger partial charge in [-0.15, -0.1) is 0 Å². The standard InChI is InChI=1S/C21H28N2O2/c24-19(16-6-7-16)23-18-10-8-17(9-11-18)21(12-13-21)20(25)22-14-15-4-2-1-3-5-15/h8-11,15-16H,1-7,12-14H2,(H,22,25)(H,23,24). The van der Waals surface area contributed by atoms with Gasteiger partial charge >= 0.3 is 0 Å². The predicted molar refractivity (Wildman–Crippen MR) is 98.3 cm³/mol. The average Bonchev–Trinajstić information content (AvgIpc) is 3.54. The van der Waals surface area contributed by atoms with Crippen molar-refractivity contribution >= 4 is 17.5 Å². The molecule has 0 saturated heterocycles. The van der Waals surface area contributed by atoms with Gasteiger partial charge in [0.15, 0.2) is 0 Å². The molecule has 4 heteroatoms. The van der Waals surface area contributed by atoms with Gasteiger partial charge < -0.3 is 10.6 Å². The highest BCUT2D eigenvalue weighted by atomic mass is 16.2. The van der Waals surface area contributed by atoms with E-state index in [-0.39, 0.29) is 23.1 Å². The van der Waals surface area contributed by atoms with Crippen LogP contribution in [0.3, 0.4) is 0 Å². The first-order valence-electron chi connectivity index (χ1n) is 9.87. The Morgan fingerprint density at radius 3 is 2.24 bits per heavy atom. The van der Waals surface area contributed by atoms with Crippen molar-refractivity contribution in [1.29, 1.82) is 0 Å². The zero-order valence-electron chi connectivity index (χ0n) is 14.9. The van der Waals surface area contributed by atoms with Crippen LogP contribution in [0.15, 0.2) is 24.3 Å². The number of amides is 2. The lowest BCUT2D eigenvalue weighted by Crippen LogP contribution is -2.38. The third kappa shape index (κ3) is 3.73. The molecule has 0 radical (unpaired) electrons. The van der Waals surface area contributed by atoms with Gasteiger partial charge in [0, 0.05) is 18.2 Å². The molecular weight excluding hydrogens is 312 g/mol. The summed E-state index contributed by atoms with van der Waals surface area (Å²) in [5, 5.41) is 6.18. The smallest absolute Gasteiger partial charge is 0.230 e. The first kappa shape index (κ1) is 16.6. The topological polar surface area (TPSA) is 58.2 Å². The number of carbonyl (C=O) groups is 2. The van der Waals surface area contributed by atoms with Gasteiger partial charge in [0.05, 0.1) is 5.41 Å². The highest BCUT2D eigenvalue weighted by Gasteiger charge is 2.51. The Hall–Kier alpha value is -1.84. The van der Waals surface area contributed by atoms with Gasteiger partial charge in [-0.2, -0.15) is 0 Å². The molecule has 1 aromatic rings. The summed E-state index contributed by atoms with van der Waals surface area (Å²) < 4.78 is 0. The normalized spacial score (nSPS) is 22.2. The number of nitrogens with one attached hydrogen (secondary N) is 2. The van der Waals surface area contributed by atoms with E-state index in [1.54, 1.807) is 0 Å². The largest absolute Gasteiger partial charge is 0.355 e. The van der Waals surface area contributed by atoms with Gasteiger partial charge in [0.1, 0.15) is 0 Å². The molecule has 1 aromatic carbocycles. The molecule has 3 fully saturated rings. The summed E-state index contributed by atoms with van der Waals surface area (Å²) in [5.41, 5.74) is 1.59. The van der Waals surface area contributed by atoms with Crippen LogP contribution in [-0.2, 0) is 15.0 Å². The minimum Gasteiger partial charge on any atom is -0.355 e. The highest BCUT2D eigenvalue weighted by Crippen LogP contribution is 2.48. The molecule has 0 atom stereocenters. The summed E-state index contributed by atoms with van der Waals surface area (Å²) in [5.74, 6) is 1.18. The summed E-state index contributed by atoms with van der Waals surface area (Å²) in [6.07, 6.45) is 10.3. The molecule has 4 nitrogen and oxygen atoms in total. The monoisotopic (exact) mass is 340 g/mol. The van der Waals surface area contributed by atoms with E-state index in [2.05, 4.69) is 10.6 Å². The zero-order chi connectivity index (χ0) is 17.3. The van der Waals surface area contributed by atoms with Crippen molar-refractivity contribution < 1.29 is 9.59 Å². The molecule has 0 unspecified atom stereocenters. The van der Waals surface area contributed by atoms with Crippen molar-refractivity contribution in [2.24, 2.45) is 11.8 Å². The molecule has 25 heavy (non-hydrogen) atoms. The molecule has 0 aromatic heterocycles. The molecule has 3 aliphatic rings. The Bertz CT molecular complexity index is 638. The maximum atomic E-state index is 12.7. The second-order valence-corrected chi connectivity index (χ2v) is 8.14. The fourth-order valence-corrected chi connectivity index (χ4v) is 4.03. The lowest BCUT2D eigenvalue weighted by Gasteiger charge is -2.23. The van der Waals surface area contributed by atoms with Gasteiger partial charge in [0.2, 0.25) is 11.8 Å². The van der Waals surface area contributed by atoms with Crippen molar-refractivity contribution in [2.75, 3.05) is 11.9 Å². The quantitative estimate of drug-likeness (QED) is 0.828. The Balaban J connectivity index is 1.34. The number of hydrogen-bond acceptors (Lipinski definition) is 2. The van der Waals surface area contributed by atoms with Crippen LogP contribution in [0.5, 0.6) is 0 Å². The second-order valence-electron chi connectivity index (χ2n) is 8.14. The van der Waals surface area contributed by atoms with Crippen molar-refractivity contribution in [3.05, 3.63) is 29.8 Å². The van der Waals surface area contributed by atoms with Crippen molar-refractivity contribution in [3.8, 4) is 0 Å². The third-order valence-electron chi connectivity index (χ3n) is 6.11. The van der Waals surface area contributed by atoms with E-state index >= 15 is 0 Å². The predicted octanol–water partition coefficient (Wildman–Crippen LogP) is 3.76. The van der Waals surface area contributed by atoms with Crippen molar-refractivity contribution in [2.45, 2.75) is 63.2 Å². The van der Waals surface area contributed by atoms with E-state index in [1.807, 2.05) is 24.3 Å². The van der Waals surface area contributed by atoms with Crippen LogP contribution in [0.2, 0.25) is 0 Å². The maximum Gasteiger partial charge on any atom is 0.230 e. The molecule has 0 spiro atoms. The lowest BCUT2D eigenvalue weighted by atomic mass is 9.88. The van der Waals surface area contributed by atoms with Crippen LogP contribution in [0, 0.1) is 11.8 Å². The van der Waals surface area contributed by atoms with Crippen molar-refractivity contribution in [1.82, 2.24) is 5.32 Å². The minimum atomic E-state index is -0.326. The van der Waals surface area contributed by atoms with Crippen LogP contribution in [-0.4, -0.2) is 18.4 Å². The summed E-state index contributed by atoms with van der Waals surface area (Å²) >= 11 is 0. The van der Waals surface area contributed by atoms with Gasteiger partial charge in [-0.25, -0.2) is 0 Å². The Morgan fingerprint density at radius 1 is 0.960 bits per heavy atom. The van der Waals surface area contributed by atoms with E-state index in [0.717, 1.165) is 43.5 Å². The fourth-order valence-electron chi connectivity index (χ4n) is 4.03. The summed E-state index contributed by atoms with van der Waals surface area (Å²) in [6, 6.07) is 7.89. The lowest BCUT2D eigenvalue weighted by molar-refractivity contribution is -0.123. The number of rotatable bonds is 6. The Kier molecular flexibility index (Phi) is 4.53. The van der Waals surface area contributed by atoms with E-state index in [1.165, 1.54) is 32.1 Å². The third-order valence-corrected chi connectivity index (χ3v) is 6.11. The number of carbonyl (C=O) groups excluding carboxylic acids is 2. The van der Waals surface area contributed by atoms with E-state index in [4.69, 9.17) is 0 Å². The number of anilines is 1. The zero-order valence-corrected chi connectivity index (χ0v) is 14.9. The Morgan fingerprint density at radius 2 is 1.64 bits per heavy atom. The Labute approximate surface area is 149 Å². The van der Waals surface area contributed by atoms with Gasteiger partial charge in [-0.3, -0.25) is 9.59 Å². The second kappa shape index (κ2) is 6.81. The first-order valence-corrected chi connectivity index (χ1v) is 9.87. The summed E-state index contributed by atoms with van der Waals surface area (Å²) in [6.45, 7) is 0.829. The minimum absolute atomic E-state index is 0.124. The number of benzene rings is 1. The highest BCUT2D eigenvalue weighted by molar-refractivity contribution is 5.94. The van der Waals surface area contributed by atoms with Crippen LogP contribution >= 0.6 is 0 Å². The van der Waals surface area contributed by atoms with Crippen LogP contribution in [0.1, 0.15) is 63.4 Å². The van der Waals surface area contributed by atoms with Gasteiger partial charge in [-0.05, 0) is 62.1 Å². The van der Waals surface area contributed by atoms with Crippen molar-refractivity contribution in [3.63, 3.8) is 0 Å². The molecule has 2 amide bonds. The van der Waals surface area contributed by atoms with Crippen LogP contribution in [0.25, 0.3) is 0 Å². The first-order chi connectivity index (χ1) is 12.2. The van der Waals surface area contributed by atoms with Gasteiger partial charge in [0.25, 0.3) is 0 Å². The summed E-state index contributed by atoms with van der Waals surface area (Å²) in [7, 11) is 0. The molecule has 0 heterocycles. The molecule has 0 aliphatic heterocycles. The fraction of sp³-hybridized carbons (Fsp3) is 0.619. The molecule has 3 saturated carbocycles. The van der Waals surface area contributed by atoms with Crippen LogP contribution in [0.4, 0.5) is 5.69 Å². The molecule has 2 N–H and O–H groups in total. The maximum absolute atomic E-state index is 12.7. The number of hydrogen-bond donors (Lipinski definition) is 2. The van der Waals surface area contributed by atoms with Crippen LogP contribution < -0.4 is 10.6 Å². The molecular formula is C21H28N2O2. The molecule has 0 bridgehead atoms. The molecule has 3 aliphatic carbocycles. The van der Waals surface area contributed by atoms with E-state index in [9.17, 15) is 9.59 Å². The molecule has 134 valence electrons.